The summed E-state index contributed by atoms with van der Waals surface area (Å²) >= 11 is 7.34. The van der Waals surface area contributed by atoms with Gasteiger partial charge in [-0.05, 0) is 19.1 Å². The largest absolute Gasteiger partial charge is 0.388 e. The van der Waals surface area contributed by atoms with Gasteiger partial charge in [-0.2, -0.15) is 5.10 Å². The molecule has 0 aromatic carbocycles. The highest BCUT2D eigenvalue weighted by molar-refractivity contribution is 7.16. The van der Waals surface area contributed by atoms with Gasteiger partial charge in [0.25, 0.3) is 0 Å². The molecule has 0 radical (unpaired) electrons. The average molecular weight is 257 g/mol. The van der Waals surface area contributed by atoms with Gasteiger partial charge in [0.1, 0.15) is 0 Å². The van der Waals surface area contributed by atoms with Gasteiger partial charge in [0.05, 0.1) is 16.6 Å². The number of aliphatic hydroxyl groups excluding tert-OH is 1. The van der Waals surface area contributed by atoms with E-state index in [0.29, 0.717) is 6.42 Å². The number of aromatic nitrogens is 2. The highest BCUT2D eigenvalue weighted by atomic mass is 35.5. The topological polar surface area (TPSA) is 38.0 Å². The minimum absolute atomic E-state index is 0.505. The van der Waals surface area contributed by atoms with Crippen LogP contribution in [-0.4, -0.2) is 14.9 Å². The summed E-state index contributed by atoms with van der Waals surface area (Å²) in [7, 11) is 0. The Balaban J connectivity index is 2.05. The van der Waals surface area contributed by atoms with Crippen LogP contribution in [0.25, 0.3) is 0 Å². The van der Waals surface area contributed by atoms with Gasteiger partial charge in [0.2, 0.25) is 0 Å². The SMILES string of the molecule is CCn1cc(C(O)Cc2ccc(Cl)s2)cn1. The third-order valence-electron chi connectivity index (χ3n) is 2.39. The van der Waals surface area contributed by atoms with Gasteiger partial charge in [0.15, 0.2) is 0 Å². The van der Waals surface area contributed by atoms with Crippen molar-refractivity contribution in [2.75, 3.05) is 0 Å². The highest BCUT2D eigenvalue weighted by Crippen LogP contribution is 2.26. The average Bonchev–Trinajstić information content (AvgIpc) is 2.87. The second kappa shape index (κ2) is 4.99. The first-order chi connectivity index (χ1) is 7.69. The van der Waals surface area contributed by atoms with Crippen LogP contribution in [0, 0.1) is 0 Å². The number of nitrogens with zero attached hydrogens (tertiary/aromatic N) is 2. The zero-order valence-electron chi connectivity index (χ0n) is 8.93. The first kappa shape index (κ1) is 11.6. The van der Waals surface area contributed by atoms with Gasteiger partial charge in [-0.15, -0.1) is 11.3 Å². The van der Waals surface area contributed by atoms with Gasteiger partial charge in [-0.1, -0.05) is 11.6 Å². The summed E-state index contributed by atoms with van der Waals surface area (Å²) in [6.45, 7) is 2.83. The third kappa shape index (κ3) is 2.64. The lowest BCUT2D eigenvalue weighted by atomic mass is 10.1. The molecule has 1 unspecified atom stereocenters. The van der Waals surface area contributed by atoms with Crippen LogP contribution in [0.1, 0.15) is 23.5 Å². The van der Waals surface area contributed by atoms with Gasteiger partial charge in [0, 0.05) is 29.6 Å². The minimum atomic E-state index is -0.505. The number of halogens is 1. The van der Waals surface area contributed by atoms with Crippen LogP contribution in [0.4, 0.5) is 0 Å². The molecule has 86 valence electrons. The Morgan fingerprint density at radius 2 is 2.38 bits per heavy atom. The van der Waals surface area contributed by atoms with E-state index < -0.39 is 6.10 Å². The lowest BCUT2D eigenvalue weighted by Crippen LogP contribution is -1.99. The molecule has 0 aliphatic rings. The van der Waals surface area contributed by atoms with E-state index in [2.05, 4.69) is 5.10 Å². The van der Waals surface area contributed by atoms with Gasteiger partial charge in [-0.3, -0.25) is 4.68 Å². The summed E-state index contributed by atoms with van der Waals surface area (Å²) in [4.78, 5) is 1.08. The first-order valence-electron chi connectivity index (χ1n) is 5.13. The summed E-state index contributed by atoms with van der Waals surface area (Å²) in [6.07, 6.45) is 3.67. The molecule has 2 aromatic heterocycles. The van der Waals surface area contributed by atoms with Gasteiger partial charge < -0.3 is 5.11 Å². The number of aryl methyl sites for hydroxylation is 1. The zero-order valence-corrected chi connectivity index (χ0v) is 10.5. The molecule has 0 fully saturated rings. The fraction of sp³-hybridized carbons (Fsp3) is 0.364. The normalized spacial score (nSPS) is 12.9. The lowest BCUT2D eigenvalue weighted by molar-refractivity contribution is 0.179. The maximum Gasteiger partial charge on any atom is 0.0931 e. The van der Waals surface area contributed by atoms with E-state index in [1.54, 1.807) is 10.9 Å². The number of rotatable bonds is 4. The van der Waals surface area contributed by atoms with Crippen molar-refractivity contribution in [3.8, 4) is 0 Å². The number of hydrogen-bond acceptors (Lipinski definition) is 3. The fourth-order valence-electron chi connectivity index (χ4n) is 1.49. The van der Waals surface area contributed by atoms with Crippen molar-refractivity contribution < 1.29 is 5.11 Å². The molecule has 3 nitrogen and oxygen atoms in total. The smallest absolute Gasteiger partial charge is 0.0931 e. The summed E-state index contributed by atoms with van der Waals surface area (Å²) < 4.78 is 2.56. The van der Waals surface area contributed by atoms with Crippen molar-refractivity contribution in [3.63, 3.8) is 0 Å². The molecule has 0 aliphatic carbocycles. The summed E-state index contributed by atoms with van der Waals surface area (Å²) in [6, 6.07) is 3.80. The maximum atomic E-state index is 10.0. The second-order valence-corrected chi connectivity index (χ2v) is 5.35. The first-order valence-corrected chi connectivity index (χ1v) is 6.33. The fourth-order valence-corrected chi connectivity index (χ4v) is 2.62. The van der Waals surface area contributed by atoms with Crippen molar-refractivity contribution in [2.45, 2.75) is 26.0 Å². The van der Waals surface area contributed by atoms with Gasteiger partial charge >= 0.3 is 0 Å². The molecule has 0 saturated heterocycles. The summed E-state index contributed by atoms with van der Waals surface area (Å²) in [5.41, 5.74) is 0.853. The molecular weight excluding hydrogens is 244 g/mol. The van der Waals surface area contributed by atoms with E-state index in [-0.39, 0.29) is 0 Å². The Labute approximate surface area is 103 Å². The predicted molar refractivity (Wildman–Crippen MR) is 65.9 cm³/mol. The van der Waals surface area contributed by atoms with E-state index in [1.807, 2.05) is 25.3 Å². The van der Waals surface area contributed by atoms with E-state index in [9.17, 15) is 5.11 Å². The number of thiophene rings is 1. The van der Waals surface area contributed by atoms with E-state index in [0.717, 1.165) is 21.3 Å². The van der Waals surface area contributed by atoms with Crippen LogP contribution in [0.2, 0.25) is 4.34 Å². The molecule has 2 rings (SSSR count). The number of hydrogen-bond donors (Lipinski definition) is 1. The van der Waals surface area contributed by atoms with Crippen molar-refractivity contribution in [1.82, 2.24) is 9.78 Å². The molecule has 0 amide bonds. The number of aliphatic hydroxyl groups is 1. The van der Waals surface area contributed by atoms with Crippen LogP contribution in [-0.2, 0) is 13.0 Å². The quantitative estimate of drug-likeness (QED) is 0.914. The van der Waals surface area contributed by atoms with Crippen molar-refractivity contribution in [1.29, 1.82) is 0 Å². The maximum absolute atomic E-state index is 10.0. The molecule has 0 bridgehead atoms. The molecular formula is C11H13ClN2OS. The minimum Gasteiger partial charge on any atom is -0.388 e. The van der Waals surface area contributed by atoms with E-state index >= 15 is 0 Å². The van der Waals surface area contributed by atoms with Crippen LogP contribution in [0.15, 0.2) is 24.5 Å². The van der Waals surface area contributed by atoms with Crippen molar-refractivity contribution >= 4 is 22.9 Å². The summed E-state index contributed by atoms with van der Waals surface area (Å²) in [5.74, 6) is 0. The van der Waals surface area contributed by atoms with Crippen molar-refractivity contribution in [3.05, 3.63) is 39.3 Å². The lowest BCUT2D eigenvalue weighted by Gasteiger charge is -2.05. The molecule has 2 heterocycles. The molecule has 1 atom stereocenters. The van der Waals surface area contributed by atoms with Crippen LogP contribution < -0.4 is 0 Å². The van der Waals surface area contributed by atoms with Crippen LogP contribution in [0.5, 0.6) is 0 Å². The Kier molecular flexibility index (Phi) is 3.63. The summed E-state index contributed by atoms with van der Waals surface area (Å²) in [5, 5.41) is 14.1. The Bertz CT molecular complexity index is 466. The van der Waals surface area contributed by atoms with E-state index in [1.165, 1.54) is 11.3 Å². The molecule has 2 aromatic rings. The monoisotopic (exact) mass is 256 g/mol. The molecule has 16 heavy (non-hydrogen) atoms. The van der Waals surface area contributed by atoms with Crippen LogP contribution in [0.3, 0.4) is 0 Å². The third-order valence-corrected chi connectivity index (χ3v) is 3.64. The standard InChI is InChI=1S/C11H13ClN2OS/c1-2-14-7-8(6-13-14)10(15)5-9-3-4-11(12)16-9/h3-4,6-7,10,15H,2,5H2,1H3. The second-order valence-electron chi connectivity index (χ2n) is 3.56. The molecule has 1 N–H and O–H groups in total. The molecule has 0 saturated carbocycles. The van der Waals surface area contributed by atoms with Crippen molar-refractivity contribution in [2.24, 2.45) is 0 Å². The zero-order chi connectivity index (χ0) is 11.5. The Morgan fingerprint density at radius 1 is 1.56 bits per heavy atom. The molecule has 0 aliphatic heterocycles. The van der Waals surface area contributed by atoms with Crippen LogP contribution >= 0.6 is 22.9 Å². The highest BCUT2D eigenvalue weighted by Gasteiger charge is 2.12. The molecule has 5 heteroatoms. The molecule has 0 spiro atoms. The Hall–Kier alpha value is -0.840. The Morgan fingerprint density at radius 3 is 2.94 bits per heavy atom. The predicted octanol–water partition coefficient (Wildman–Crippen LogP) is 2.89. The van der Waals surface area contributed by atoms with E-state index in [4.69, 9.17) is 11.6 Å². The van der Waals surface area contributed by atoms with Gasteiger partial charge in [-0.25, -0.2) is 0 Å².